The summed E-state index contributed by atoms with van der Waals surface area (Å²) in [6.07, 6.45) is 0. The first kappa shape index (κ1) is 16.5. The zero-order valence-electron chi connectivity index (χ0n) is 13.4. The number of nitrogen functional groups attached to an aromatic ring is 1. The lowest BCUT2D eigenvalue weighted by molar-refractivity contribution is -0.121. The number of carbonyl (C=O) groups excluding carboxylic acids is 1. The minimum Gasteiger partial charge on any atom is -0.497 e. The maximum atomic E-state index is 12.2. The Bertz CT molecular complexity index is 783. The Hall–Kier alpha value is -2.83. The quantitative estimate of drug-likeness (QED) is 0.848. The smallest absolute Gasteiger partial charge is 0.258 e. The van der Waals surface area contributed by atoms with E-state index in [4.69, 9.17) is 10.5 Å². The lowest BCUT2D eigenvalue weighted by Crippen LogP contribution is -2.35. The number of aryl methyl sites for hydroxylation is 1. The van der Waals surface area contributed by atoms with E-state index < -0.39 is 0 Å². The van der Waals surface area contributed by atoms with Gasteiger partial charge in [0.1, 0.15) is 12.3 Å². The second kappa shape index (κ2) is 6.95. The fourth-order valence-electron chi connectivity index (χ4n) is 2.11. The molecule has 2 aromatic rings. The molecule has 7 heteroatoms. The molecule has 0 aliphatic heterocycles. The molecule has 23 heavy (non-hydrogen) atoms. The molecule has 1 heterocycles. The summed E-state index contributed by atoms with van der Waals surface area (Å²) in [6.45, 7) is 3.54. The van der Waals surface area contributed by atoms with Crippen LogP contribution in [0.2, 0.25) is 0 Å². The van der Waals surface area contributed by atoms with Gasteiger partial charge in [0.25, 0.3) is 5.56 Å². The normalized spacial score (nSPS) is 10.4. The second-order valence-electron chi connectivity index (χ2n) is 5.20. The van der Waals surface area contributed by atoms with Gasteiger partial charge in [-0.2, -0.15) is 0 Å². The number of hydrogen-bond donors (Lipinski definition) is 2. The van der Waals surface area contributed by atoms with Gasteiger partial charge in [-0.15, -0.1) is 0 Å². The monoisotopic (exact) mass is 316 g/mol. The van der Waals surface area contributed by atoms with Crippen LogP contribution in [-0.2, 0) is 17.9 Å². The topological polar surface area (TPSA) is 99.2 Å². The fourth-order valence-corrected chi connectivity index (χ4v) is 2.11. The summed E-state index contributed by atoms with van der Waals surface area (Å²) in [4.78, 5) is 28.3. The van der Waals surface area contributed by atoms with Crippen molar-refractivity contribution in [2.75, 3.05) is 12.8 Å². The van der Waals surface area contributed by atoms with Crippen LogP contribution < -0.4 is 21.3 Å². The summed E-state index contributed by atoms with van der Waals surface area (Å²) in [6, 6.07) is 7.38. The Morgan fingerprint density at radius 3 is 2.83 bits per heavy atom. The van der Waals surface area contributed by atoms with Gasteiger partial charge in [-0.1, -0.05) is 12.1 Å². The minimum absolute atomic E-state index is 0.0367. The number of nitrogens with one attached hydrogen (secondary N) is 1. The molecule has 0 spiro atoms. The molecule has 0 atom stereocenters. The van der Waals surface area contributed by atoms with Crippen LogP contribution in [0.4, 0.5) is 5.95 Å². The highest BCUT2D eigenvalue weighted by molar-refractivity contribution is 5.76. The fraction of sp³-hybridized carbons (Fsp3) is 0.312. The van der Waals surface area contributed by atoms with E-state index in [0.29, 0.717) is 17.8 Å². The number of ether oxygens (including phenoxy) is 1. The van der Waals surface area contributed by atoms with Crippen LogP contribution >= 0.6 is 0 Å². The minimum atomic E-state index is -0.313. The number of carbonyl (C=O) groups is 1. The lowest BCUT2D eigenvalue weighted by Gasteiger charge is -2.12. The molecular weight excluding hydrogens is 296 g/mol. The molecule has 0 aliphatic rings. The first-order valence-electron chi connectivity index (χ1n) is 7.15. The summed E-state index contributed by atoms with van der Waals surface area (Å²) in [5, 5.41) is 2.75. The summed E-state index contributed by atoms with van der Waals surface area (Å²) in [7, 11) is 1.58. The van der Waals surface area contributed by atoms with Gasteiger partial charge in [-0.3, -0.25) is 14.2 Å². The SMILES string of the molecule is COc1cccc(CNC(=O)Cn2c(N)nc(C)c(C)c2=O)c1. The maximum absolute atomic E-state index is 12.2. The van der Waals surface area contributed by atoms with Crippen molar-refractivity contribution < 1.29 is 9.53 Å². The predicted molar refractivity (Wildman–Crippen MR) is 87.2 cm³/mol. The van der Waals surface area contributed by atoms with Crippen molar-refractivity contribution >= 4 is 11.9 Å². The van der Waals surface area contributed by atoms with Gasteiger partial charge < -0.3 is 15.8 Å². The highest BCUT2D eigenvalue weighted by Crippen LogP contribution is 2.12. The Morgan fingerprint density at radius 1 is 1.39 bits per heavy atom. The second-order valence-corrected chi connectivity index (χ2v) is 5.20. The van der Waals surface area contributed by atoms with E-state index in [9.17, 15) is 9.59 Å². The number of rotatable bonds is 5. The average Bonchev–Trinajstić information content (AvgIpc) is 2.55. The van der Waals surface area contributed by atoms with E-state index in [1.54, 1.807) is 21.0 Å². The van der Waals surface area contributed by atoms with Crippen molar-refractivity contribution in [3.8, 4) is 5.75 Å². The molecular formula is C16H20N4O3. The Kier molecular flexibility index (Phi) is 5.00. The average molecular weight is 316 g/mol. The Morgan fingerprint density at radius 2 is 2.13 bits per heavy atom. The van der Waals surface area contributed by atoms with E-state index in [1.807, 2.05) is 24.3 Å². The summed E-state index contributed by atoms with van der Waals surface area (Å²) in [5.74, 6) is 0.442. The number of nitrogens with two attached hydrogens (primary N) is 1. The van der Waals surface area contributed by atoms with Gasteiger partial charge in [-0.05, 0) is 31.5 Å². The van der Waals surface area contributed by atoms with Crippen LogP contribution in [0.25, 0.3) is 0 Å². The van der Waals surface area contributed by atoms with Crippen LogP contribution in [0.3, 0.4) is 0 Å². The number of methoxy groups -OCH3 is 1. The summed E-state index contributed by atoms with van der Waals surface area (Å²) in [5.41, 5.74) is 7.40. The number of anilines is 1. The number of hydrogen-bond acceptors (Lipinski definition) is 5. The maximum Gasteiger partial charge on any atom is 0.258 e. The third-order valence-corrected chi connectivity index (χ3v) is 3.59. The Labute approximate surface area is 134 Å². The molecule has 0 radical (unpaired) electrons. The van der Waals surface area contributed by atoms with Crippen molar-refractivity contribution in [2.45, 2.75) is 26.9 Å². The van der Waals surface area contributed by atoms with E-state index >= 15 is 0 Å². The molecule has 7 nitrogen and oxygen atoms in total. The van der Waals surface area contributed by atoms with Crippen LogP contribution in [-0.4, -0.2) is 22.6 Å². The van der Waals surface area contributed by atoms with Crippen molar-refractivity contribution in [1.82, 2.24) is 14.9 Å². The van der Waals surface area contributed by atoms with E-state index in [2.05, 4.69) is 10.3 Å². The van der Waals surface area contributed by atoms with Crippen LogP contribution in [0.1, 0.15) is 16.8 Å². The predicted octanol–water partition coefficient (Wildman–Crippen LogP) is 0.767. The first-order chi connectivity index (χ1) is 10.9. The molecule has 1 aromatic carbocycles. The Balaban J connectivity index is 2.06. The molecule has 0 saturated heterocycles. The summed E-state index contributed by atoms with van der Waals surface area (Å²) < 4.78 is 6.30. The molecule has 1 amide bonds. The van der Waals surface area contributed by atoms with Crippen molar-refractivity contribution in [2.24, 2.45) is 0 Å². The number of amides is 1. The molecule has 0 bridgehead atoms. The van der Waals surface area contributed by atoms with Gasteiger partial charge in [0.15, 0.2) is 0 Å². The molecule has 0 unspecified atom stereocenters. The number of aromatic nitrogens is 2. The first-order valence-corrected chi connectivity index (χ1v) is 7.15. The van der Waals surface area contributed by atoms with Gasteiger partial charge >= 0.3 is 0 Å². The van der Waals surface area contributed by atoms with Crippen molar-refractivity contribution in [3.05, 3.63) is 51.4 Å². The van der Waals surface area contributed by atoms with Gasteiger partial charge in [0, 0.05) is 17.8 Å². The van der Waals surface area contributed by atoms with Crippen LogP contribution in [0.15, 0.2) is 29.1 Å². The number of nitrogens with zero attached hydrogens (tertiary/aromatic N) is 2. The van der Waals surface area contributed by atoms with E-state index in [1.165, 1.54) is 4.57 Å². The van der Waals surface area contributed by atoms with Crippen LogP contribution in [0.5, 0.6) is 5.75 Å². The highest BCUT2D eigenvalue weighted by atomic mass is 16.5. The van der Waals surface area contributed by atoms with E-state index in [-0.39, 0.29) is 24.0 Å². The number of benzene rings is 1. The molecule has 0 fully saturated rings. The molecule has 0 saturated carbocycles. The van der Waals surface area contributed by atoms with Gasteiger partial charge in [-0.25, -0.2) is 4.98 Å². The lowest BCUT2D eigenvalue weighted by atomic mass is 10.2. The van der Waals surface area contributed by atoms with Gasteiger partial charge in [0.2, 0.25) is 11.9 Å². The molecule has 1 aromatic heterocycles. The molecule has 0 aliphatic carbocycles. The molecule has 3 N–H and O–H groups in total. The van der Waals surface area contributed by atoms with Crippen LogP contribution in [0, 0.1) is 13.8 Å². The molecule has 2 rings (SSSR count). The molecule has 122 valence electrons. The third-order valence-electron chi connectivity index (χ3n) is 3.59. The largest absolute Gasteiger partial charge is 0.497 e. The highest BCUT2D eigenvalue weighted by Gasteiger charge is 2.12. The standard InChI is InChI=1S/C16H20N4O3/c1-10-11(2)19-16(17)20(15(10)22)9-14(21)18-8-12-5-4-6-13(7-12)23-3/h4-7H,8-9H2,1-3H3,(H2,17,19)(H,18,21). The summed E-state index contributed by atoms with van der Waals surface area (Å²) >= 11 is 0. The zero-order valence-corrected chi connectivity index (χ0v) is 13.4. The third kappa shape index (κ3) is 3.88. The van der Waals surface area contributed by atoms with Crippen molar-refractivity contribution in [3.63, 3.8) is 0 Å². The van der Waals surface area contributed by atoms with Gasteiger partial charge in [0.05, 0.1) is 7.11 Å². The van der Waals surface area contributed by atoms with E-state index in [0.717, 1.165) is 11.3 Å². The van der Waals surface area contributed by atoms with Crippen molar-refractivity contribution in [1.29, 1.82) is 0 Å². The zero-order chi connectivity index (χ0) is 17.0.